The Kier molecular flexibility index (Phi) is 7.92. The highest BCUT2D eigenvalue weighted by Gasteiger charge is 2.54. The van der Waals surface area contributed by atoms with Gasteiger partial charge in [0.25, 0.3) is 11.8 Å². The van der Waals surface area contributed by atoms with Crippen LogP contribution in [0.15, 0.2) is 40.4 Å². The number of aromatic nitrogens is 3. The molecule has 2 aliphatic heterocycles. The van der Waals surface area contributed by atoms with Crippen LogP contribution >= 0.6 is 23.1 Å². The predicted molar refractivity (Wildman–Crippen MR) is 138 cm³/mol. The number of thiazole rings is 1. The van der Waals surface area contributed by atoms with Gasteiger partial charge in [0.2, 0.25) is 6.20 Å². The quantitative estimate of drug-likeness (QED) is 0.160. The smallest absolute Gasteiger partial charge is 0.352 e. The second kappa shape index (κ2) is 11.1. The number of nitrogens with two attached hydrogens (primary N) is 1. The highest BCUT2D eigenvalue weighted by atomic mass is 32.2. The van der Waals surface area contributed by atoms with Crippen LogP contribution in [0.1, 0.15) is 19.5 Å². The molecule has 37 heavy (non-hydrogen) atoms. The number of nitrogens with zero attached hydrogens (tertiary/aromatic N) is 6. The summed E-state index contributed by atoms with van der Waals surface area (Å²) in [7, 11) is 1.29. The Bertz CT molecular complexity index is 1280. The topological polar surface area (TPSA) is 167 Å². The van der Waals surface area contributed by atoms with E-state index in [2.05, 4.69) is 25.3 Å². The lowest BCUT2D eigenvalue weighted by Gasteiger charge is -2.49. The lowest BCUT2D eigenvalue weighted by molar-refractivity contribution is -0.688. The summed E-state index contributed by atoms with van der Waals surface area (Å²) >= 11 is 2.52. The number of rotatable bonds is 10. The lowest BCUT2D eigenvalue weighted by Crippen LogP contribution is -2.71. The first-order valence-corrected chi connectivity index (χ1v) is 13.3. The van der Waals surface area contributed by atoms with Crippen LogP contribution in [-0.2, 0) is 25.8 Å². The number of carbonyl (C=O) groups excluding carboxylic acids is 2. The number of nitrogens with one attached hydrogen (secondary N) is 1. The van der Waals surface area contributed by atoms with Crippen molar-refractivity contribution in [2.75, 3.05) is 36.6 Å². The molecular weight excluding hydrogens is 520 g/mol. The molecule has 0 aliphatic carbocycles. The van der Waals surface area contributed by atoms with E-state index in [9.17, 15) is 19.5 Å². The number of oxime groups is 1. The predicted octanol–water partition coefficient (Wildman–Crippen LogP) is 0.0433. The average molecular weight is 548 g/mol. The molecule has 2 atom stereocenters. The summed E-state index contributed by atoms with van der Waals surface area (Å²) in [5, 5.41) is 17.6. The van der Waals surface area contributed by atoms with Crippen molar-refractivity contribution in [3.05, 3.63) is 40.9 Å². The molecule has 1 fully saturated rings. The third kappa shape index (κ3) is 5.22. The fraction of sp³-hybridized carbons (Fsp3) is 0.409. The first-order valence-electron chi connectivity index (χ1n) is 11.4. The normalized spacial score (nSPS) is 19.3. The first kappa shape index (κ1) is 26.3. The summed E-state index contributed by atoms with van der Waals surface area (Å²) in [6.45, 7) is 5.93. The molecule has 2 aromatic rings. The van der Waals surface area contributed by atoms with Crippen LogP contribution in [0.5, 0.6) is 0 Å². The van der Waals surface area contributed by atoms with Crippen LogP contribution in [0.4, 0.5) is 10.9 Å². The molecule has 0 radical (unpaired) electrons. The number of carbonyl (C=O) groups is 3. The van der Waals surface area contributed by atoms with E-state index in [1.807, 2.05) is 24.6 Å². The van der Waals surface area contributed by atoms with Gasteiger partial charge in [-0.25, -0.2) is 14.8 Å². The molecule has 4 heterocycles. The third-order valence-electron chi connectivity index (χ3n) is 5.91. The highest BCUT2D eigenvalue weighted by molar-refractivity contribution is 8.00. The van der Waals surface area contributed by atoms with Gasteiger partial charge in [0.05, 0.1) is 6.20 Å². The number of aliphatic carboxylic acids is 1. The van der Waals surface area contributed by atoms with Crippen molar-refractivity contribution in [1.29, 1.82) is 0 Å². The van der Waals surface area contributed by atoms with Crippen LogP contribution in [0.2, 0.25) is 0 Å². The summed E-state index contributed by atoms with van der Waals surface area (Å²) in [5.41, 5.74) is 6.27. The van der Waals surface area contributed by atoms with Crippen molar-refractivity contribution in [2.24, 2.45) is 5.16 Å². The molecule has 0 aromatic carbocycles. The van der Waals surface area contributed by atoms with E-state index >= 15 is 0 Å². The SMILES string of the molecule is CCN(CC)c1c[n+](CC2=C(C(=O)O)N3C(=O)C(NC(=O)C(=NOC)c4csc(N)n4)[C@@H]3SC2)ccn1. The molecular formula is C22H27N8O5S2+. The van der Waals surface area contributed by atoms with Crippen LogP contribution in [0.3, 0.4) is 0 Å². The zero-order valence-corrected chi connectivity index (χ0v) is 22.1. The van der Waals surface area contributed by atoms with Crippen molar-refractivity contribution < 1.29 is 28.9 Å². The zero-order chi connectivity index (χ0) is 26.7. The van der Waals surface area contributed by atoms with Gasteiger partial charge in [0.15, 0.2) is 29.4 Å². The summed E-state index contributed by atoms with van der Waals surface area (Å²) in [5.74, 6) is -1.23. The molecule has 15 heteroatoms. The number of fused-ring (bicyclic) bond motifs is 1. The largest absolute Gasteiger partial charge is 0.477 e. The van der Waals surface area contributed by atoms with E-state index in [4.69, 9.17) is 10.6 Å². The maximum absolute atomic E-state index is 13.1. The second-order valence-corrected chi connectivity index (χ2v) is 10.1. The molecule has 196 valence electrons. The Labute approximate surface area is 221 Å². The summed E-state index contributed by atoms with van der Waals surface area (Å²) in [6.07, 6.45) is 5.29. The fourth-order valence-electron chi connectivity index (χ4n) is 4.16. The number of hydrogen-bond donors (Lipinski definition) is 3. The van der Waals surface area contributed by atoms with Gasteiger partial charge in [-0.15, -0.1) is 23.1 Å². The van der Waals surface area contributed by atoms with E-state index in [1.54, 1.807) is 17.8 Å². The molecule has 0 spiro atoms. The van der Waals surface area contributed by atoms with Crippen molar-refractivity contribution in [1.82, 2.24) is 20.2 Å². The number of carboxylic acid groups (broad SMARTS) is 1. The Morgan fingerprint density at radius 2 is 2.16 bits per heavy atom. The van der Waals surface area contributed by atoms with Gasteiger partial charge in [0, 0.05) is 29.8 Å². The van der Waals surface area contributed by atoms with Gasteiger partial charge in [-0.3, -0.25) is 14.5 Å². The Morgan fingerprint density at radius 3 is 2.78 bits per heavy atom. The number of β-lactam (4-membered cyclic amide) rings is 1. The van der Waals surface area contributed by atoms with Gasteiger partial charge in [0.1, 0.15) is 29.9 Å². The Hall–Kier alpha value is -3.72. The maximum Gasteiger partial charge on any atom is 0.352 e. The number of hydrogen-bond acceptors (Lipinski definition) is 11. The van der Waals surface area contributed by atoms with Crippen molar-refractivity contribution in [3.63, 3.8) is 0 Å². The molecule has 2 aliphatic rings. The number of carboxylic acids is 1. The van der Waals surface area contributed by atoms with Crippen molar-refractivity contribution >= 4 is 57.5 Å². The average Bonchev–Trinajstić information content (AvgIpc) is 3.32. The summed E-state index contributed by atoms with van der Waals surface area (Å²) in [4.78, 5) is 54.7. The fourth-order valence-corrected chi connectivity index (χ4v) is 6.04. The van der Waals surface area contributed by atoms with Gasteiger partial charge in [-0.05, 0) is 13.8 Å². The zero-order valence-electron chi connectivity index (χ0n) is 20.4. The highest BCUT2D eigenvalue weighted by Crippen LogP contribution is 2.40. The van der Waals surface area contributed by atoms with Gasteiger partial charge in [-0.1, -0.05) is 5.16 Å². The standard InChI is InChI=1S/C22H26N8O5S2/c1-4-29(5-2)14-9-28(7-6-24-14)8-12-10-36-20-16(19(32)30(20)17(12)21(33)34)26-18(31)15(27-35-3)13-11-37-22(23)25-13/h6-7,9,11,16,20H,4-5,8,10H2,1-3H3,(H3-,23,25,26,31,33,34)/p+1/t16?,20-/m0/s1. The van der Waals surface area contributed by atoms with Crippen molar-refractivity contribution in [3.8, 4) is 0 Å². The molecule has 13 nitrogen and oxygen atoms in total. The number of anilines is 2. The first-order chi connectivity index (χ1) is 17.8. The van der Waals surface area contributed by atoms with Crippen LogP contribution in [-0.4, -0.2) is 80.8 Å². The van der Waals surface area contributed by atoms with Crippen LogP contribution in [0, 0.1) is 0 Å². The van der Waals surface area contributed by atoms with Gasteiger partial charge < -0.3 is 25.9 Å². The van der Waals surface area contributed by atoms with Crippen molar-refractivity contribution in [2.45, 2.75) is 31.8 Å². The molecule has 2 amide bonds. The minimum Gasteiger partial charge on any atom is -0.477 e. The van der Waals surface area contributed by atoms with E-state index < -0.39 is 29.2 Å². The third-order valence-corrected chi connectivity index (χ3v) is 7.92. The Morgan fingerprint density at radius 1 is 1.41 bits per heavy atom. The number of nitrogen functional groups attached to an aromatic ring is 1. The summed E-state index contributed by atoms with van der Waals surface area (Å²) < 4.78 is 1.86. The molecule has 4 N–H and O–H groups in total. The summed E-state index contributed by atoms with van der Waals surface area (Å²) in [6, 6.07) is -0.922. The molecule has 4 rings (SSSR count). The van der Waals surface area contributed by atoms with Crippen LogP contribution in [0.25, 0.3) is 0 Å². The molecule has 0 bridgehead atoms. The monoisotopic (exact) mass is 547 g/mol. The van der Waals surface area contributed by atoms with E-state index in [-0.39, 0.29) is 28.8 Å². The molecule has 1 saturated heterocycles. The van der Waals surface area contributed by atoms with Gasteiger partial charge in [-0.2, -0.15) is 4.57 Å². The second-order valence-electron chi connectivity index (χ2n) is 8.07. The molecule has 0 saturated carbocycles. The number of thioether (sulfide) groups is 1. The van der Waals surface area contributed by atoms with E-state index in [0.29, 0.717) is 11.3 Å². The lowest BCUT2D eigenvalue weighted by atomic mass is 10.0. The number of amides is 2. The van der Waals surface area contributed by atoms with E-state index in [0.717, 1.165) is 30.2 Å². The van der Waals surface area contributed by atoms with Gasteiger partial charge >= 0.3 is 5.97 Å². The Balaban J connectivity index is 1.53. The molecule has 2 aromatic heterocycles. The van der Waals surface area contributed by atoms with Crippen LogP contribution < -0.4 is 20.5 Å². The maximum atomic E-state index is 13.1. The molecule has 1 unspecified atom stereocenters. The van der Waals surface area contributed by atoms with E-state index in [1.165, 1.54) is 23.8 Å². The minimum absolute atomic E-state index is 0.0639. The minimum atomic E-state index is -1.20.